The maximum Gasteiger partial charge on any atom is 0.218 e. The van der Waals surface area contributed by atoms with Crippen molar-refractivity contribution in [2.24, 2.45) is 5.92 Å². The van der Waals surface area contributed by atoms with E-state index in [1.165, 1.54) is 11.1 Å². The van der Waals surface area contributed by atoms with Crippen LogP contribution in [0.3, 0.4) is 0 Å². The van der Waals surface area contributed by atoms with Crippen LogP contribution in [0.4, 0.5) is 11.4 Å². The highest BCUT2D eigenvalue weighted by Crippen LogP contribution is 2.34. The molecular formula is C25H25N2O. The summed E-state index contributed by atoms with van der Waals surface area (Å²) >= 11 is 0. The number of rotatable bonds is 5. The Morgan fingerprint density at radius 2 is 1.64 bits per heavy atom. The zero-order valence-electron chi connectivity index (χ0n) is 16.1. The van der Waals surface area contributed by atoms with Gasteiger partial charge in [-0.25, -0.2) is 0 Å². The van der Waals surface area contributed by atoms with Crippen LogP contribution < -0.4 is 10.2 Å². The van der Waals surface area contributed by atoms with Crippen molar-refractivity contribution in [2.45, 2.75) is 32.4 Å². The van der Waals surface area contributed by atoms with Gasteiger partial charge in [-0.15, -0.1) is 0 Å². The van der Waals surface area contributed by atoms with Gasteiger partial charge in [0.1, 0.15) is 6.17 Å². The number of hydrogen-bond acceptors (Lipinski definition) is 2. The molecule has 0 bridgehead atoms. The summed E-state index contributed by atoms with van der Waals surface area (Å²) in [4.78, 5) is 14.4. The van der Waals surface area contributed by atoms with E-state index in [0.717, 1.165) is 30.6 Å². The van der Waals surface area contributed by atoms with Gasteiger partial charge in [0.25, 0.3) is 0 Å². The Kier molecular flexibility index (Phi) is 5.43. The second kappa shape index (κ2) is 8.30. The minimum atomic E-state index is -0.115. The molecule has 3 aromatic carbocycles. The van der Waals surface area contributed by atoms with Gasteiger partial charge in [0.2, 0.25) is 5.91 Å². The fourth-order valence-corrected chi connectivity index (χ4v) is 4.16. The Morgan fingerprint density at radius 1 is 1.00 bits per heavy atom. The molecule has 28 heavy (non-hydrogen) atoms. The molecule has 0 saturated heterocycles. The highest BCUT2D eigenvalue weighted by atomic mass is 16.1. The van der Waals surface area contributed by atoms with Crippen LogP contribution in [0.5, 0.6) is 0 Å². The topological polar surface area (TPSA) is 32.3 Å². The normalized spacial score (nSPS) is 16.7. The molecule has 141 valence electrons. The average molecular weight is 369 g/mol. The van der Waals surface area contributed by atoms with Gasteiger partial charge in [-0.05, 0) is 60.7 Å². The summed E-state index contributed by atoms with van der Waals surface area (Å²) in [7, 11) is 0. The number of anilines is 2. The van der Waals surface area contributed by atoms with Crippen molar-refractivity contribution in [2.75, 3.05) is 4.90 Å². The maximum atomic E-state index is 12.2. The van der Waals surface area contributed by atoms with Crippen LogP contribution in [0.2, 0.25) is 0 Å². The van der Waals surface area contributed by atoms with Gasteiger partial charge in [-0.2, -0.15) is 0 Å². The van der Waals surface area contributed by atoms with E-state index in [1.54, 1.807) is 6.92 Å². The number of hydrogen-bond donors (Lipinski definition) is 1. The third-order valence-electron chi connectivity index (χ3n) is 5.43. The molecule has 0 aromatic heterocycles. The molecule has 1 aliphatic rings. The van der Waals surface area contributed by atoms with Crippen LogP contribution in [0, 0.1) is 12.0 Å². The first kappa shape index (κ1) is 18.3. The fraction of sp³-hybridized carbons (Fsp3) is 0.240. The van der Waals surface area contributed by atoms with E-state index in [9.17, 15) is 4.79 Å². The van der Waals surface area contributed by atoms with Gasteiger partial charge in [0, 0.05) is 24.2 Å². The van der Waals surface area contributed by atoms with Gasteiger partial charge in [-0.1, -0.05) is 54.6 Å². The van der Waals surface area contributed by atoms with Crippen molar-refractivity contribution in [1.29, 1.82) is 0 Å². The molecule has 1 aliphatic carbocycles. The fourth-order valence-electron chi connectivity index (χ4n) is 4.16. The monoisotopic (exact) mass is 369 g/mol. The maximum absolute atomic E-state index is 12.2. The van der Waals surface area contributed by atoms with Crippen LogP contribution in [-0.2, 0) is 17.6 Å². The summed E-state index contributed by atoms with van der Waals surface area (Å²) in [5.74, 6) is 0.305. The number of aryl methyl sites for hydroxylation is 1. The van der Waals surface area contributed by atoms with E-state index in [0.29, 0.717) is 5.92 Å². The molecule has 2 unspecified atom stereocenters. The minimum absolute atomic E-state index is 0.00715. The van der Waals surface area contributed by atoms with Crippen molar-refractivity contribution >= 4 is 17.3 Å². The summed E-state index contributed by atoms with van der Waals surface area (Å²) < 4.78 is 0. The average Bonchev–Trinajstić information content (AvgIpc) is 2.74. The smallest absolute Gasteiger partial charge is 0.218 e. The molecular weight excluding hydrogens is 344 g/mol. The molecule has 1 N–H and O–H groups in total. The summed E-state index contributed by atoms with van der Waals surface area (Å²) in [6.07, 6.45) is 2.84. The molecule has 0 spiro atoms. The van der Waals surface area contributed by atoms with E-state index in [1.807, 2.05) is 42.5 Å². The van der Waals surface area contributed by atoms with Crippen LogP contribution in [0.15, 0.2) is 78.9 Å². The number of fused-ring (bicyclic) bond motifs is 1. The summed E-state index contributed by atoms with van der Waals surface area (Å²) in [6.45, 7) is 1.60. The first-order valence-electron chi connectivity index (χ1n) is 9.87. The number of carbonyl (C=O) groups excluding carboxylic acids is 1. The van der Waals surface area contributed by atoms with Gasteiger partial charge in [0.05, 0.1) is 0 Å². The first-order valence-corrected chi connectivity index (χ1v) is 9.87. The zero-order valence-corrected chi connectivity index (χ0v) is 16.1. The standard InChI is InChI=1S/C25H25N2O/c1-19(28)26-25(22-17-16-20-10-8-9-11-21(20)18-22)27(23-12-4-2-5-13-23)24-14-6-3-7-15-24/h2-9,11-15,22,25H,16-18H2,1H3,(H,26,28). The van der Waals surface area contributed by atoms with Crippen molar-refractivity contribution in [3.05, 3.63) is 96.1 Å². The lowest BCUT2D eigenvalue weighted by Gasteiger charge is -2.40. The highest BCUT2D eigenvalue weighted by molar-refractivity contribution is 5.75. The van der Waals surface area contributed by atoms with E-state index < -0.39 is 0 Å². The molecule has 0 fully saturated rings. The third-order valence-corrected chi connectivity index (χ3v) is 5.43. The predicted octanol–water partition coefficient (Wildman–Crippen LogP) is 4.89. The minimum Gasteiger partial charge on any atom is -0.336 e. The third kappa shape index (κ3) is 3.94. The van der Waals surface area contributed by atoms with Crippen molar-refractivity contribution < 1.29 is 4.79 Å². The zero-order chi connectivity index (χ0) is 19.3. The Hall–Kier alpha value is -3.07. The van der Waals surface area contributed by atoms with Crippen molar-refractivity contribution in [1.82, 2.24) is 5.32 Å². The van der Waals surface area contributed by atoms with Gasteiger partial charge >= 0.3 is 0 Å². The SMILES string of the molecule is CC(=O)NC(C1CCc2[c]cccc2C1)N(c1ccccc1)c1ccccc1. The lowest BCUT2D eigenvalue weighted by atomic mass is 9.81. The second-order valence-corrected chi connectivity index (χ2v) is 7.36. The van der Waals surface area contributed by atoms with Crippen LogP contribution in [0.25, 0.3) is 0 Å². The Balaban J connectivity index is 1.74. The number of nitrogens with one attached hydrogen (secondary N) is 1. The number of para-hydroxylation sites is 2. The van der Waals surface area contributed by atoms with Gasteiger partial charge in [0.15, 0.2) is 0 Å². The van der Waals surface area contributed by atoms with Gasteiger partial charge < -0.3 is 10.2 Å². The molecule has 2 atom stereocenters. The van der Waals surface area contributed by atoms with Gasteiger partial charge in [-0.3, -0.25) is 4.79 Å². The molecule has 3 nitrogen and oxygen atoms in total. The molecule has 1 amide bonds. The molecule has 0 saturated carbocycles. The number of carbonyl (C=O) groups is 1. The van der Waals surface area contributed by atoms with E-state index in [-0.39, 0.29) is 12.1 Å². The van der Waals surface area contributed by atoms with E-state index in [2.05, 4.69) is 52.7 Å². The molecule has 0 heterocycles. The molecule has 0 aliphatic heterocycles. The van der Waals surface area contributed by atoms with E-state index >= 15 is 0 Å². The number of benzene rings is 3. The summed E-state index contributed by atoms with van der Waals surface area (Å²) in [5.41, 5.74) is 4.82. The Labute approximate surface area is 167 Å². The summed E-state index contributed by atoms with van der Waals surface area (Å²) in [6, 6.07) is 30.2. The quantitative estimate of drug-likeness (QED) is 0.649. The lowest BCUT2D eigenvalue weighted by molar-refractivity contribution is -0.120. The molecule has 4 rings (SSSR count). The van der Waals surface area contributed by atoms with Crippen LogP contribution in [0.1, 0.15) is 24.5 Å². The highest BCUT2D eigenvalue weighted by Gasteiger charge is 2.32. The van der Waals surface area contributed by atoms with Crippen LogP contribution in [-0.4, -0.2) is 12.1 Å². The predicted molar refractivity (Wildman–Crippen MR) is 113 cm³/mol. The first-order chi connectivity index (χ1) is 13.7. The molecule has 1 radical (unpaired) electrons. The lowest BCUT2D eigenvalue weighted by Crippen LogP contribution is -2.51. The van der Waals surface area contributed by atoms with Crippen molar-refractivity contribution in [3.8, 4) is 0 Å². The van der Waals surface area contributed by atoms with Crippen LogP contribution >= 0.6 is 0 Å². The molecule has 3 heteroatoms. The van der Waals surface area contributed by atoms with E-state index in [4.69, 9.17) is 0 Å². The number of amides is 1. The van der Waals surface area contributed by atoms with Crippen molar-refractivity contribution in [3.63, 3.8) is 0 Å². The number of nitrogens with zero attached hydrogens (tertiary/aromatic N) is 1. The largest absolute Gasteiger partial charge is 0.336 e. The Bertz CT molecular complexity index is 884. The second-order valence-electron chi connectivity index (χ2n) is 7.36. The molecule has 3 aromatic rings. The summed E-state index contributed by atoms with van der Waals surface area (Å²) in [5, 5.41) is 3.25. The Morgan fingerprint density at radius 3 is 2.25 bits per heavy atom.